The maximum atomic E-state index is 4.62. The molecule has 0 radical (unpaired) electrons. The quantitative estimate of drug-likeness (QED) is 0.531. The molecule has 2 aromatic carbocycles. The smallest absolute Gasteiger partial charge is 0.0841 e. The molecule has 0 saturated carbocycles. The Bertz CT molecular complexity index is 856. The molecule has 1 aliphatic rings. The lowest BCUT2D eigenvalue weighted by atomic mass is 9.98. The summed E-state index contributed by atoms with van der Waals surface area (Å²) < 4.78 is 1.11. The lowest BCUT2D eigenvalue weighted by Gasteiger charge is -2.23. The zero-order valence-electron chi connectivity index (χ0n) is 12.3. The van der Waals surface area contributed by atoms with Gasteiger partial charge in [0.15, 0.2) is 0 Å². The molecule has 0 N–H and O–H groups in total. The van der Waals surface area contributed by atoms with E-state index in [1.165, 1.54) is 21.6 Å². The fourth-order valence-corrected chi connectivity index (χ4v) is 4.22. The highest BCUT2D eigenvalue weighted by molar-refractivity contribution is 9.10. The highest BCUT2D eigenvalue weighted by Gasteiger charge is 2.23. The first-order chi connectivity index (χ1) is 11.3. The molecule has 1 aliphatic heterocycles. The van der Waals surface area contributed by atoms with Crippen LogP contribution >= 0.6 is 27.7 Å². The Morgan fingerprint density at radius 1 is 0.870 bits per heavy atom. The van der Waals surface area contributed by atoms with Crippen LogP contribution in [0.25, 0.3) is 5.57 Å². The molecular formula is C20H14BrNS. The van der Waals surface area contributed by atoms with Crippen LogP contribution < -0.4 is 0 Å². The third-order valence-electron chi connectivity index (χ3n) is 3.88. The number of halogens is 1. The van der Waals surface area contributed by atoms with Crippen LogP contribution in [0.3, 0.4) is 0 Å². The van der Waals surface area contributed by atoms with Crippen molar-refractivity contribution in [2.75, 3.05) is 0 Å². The molecule has 23 heavy (non-hydrogen) atoms. The summed E-state index contributed by atoms with van der Waals surface area (Å²) in [5, 5.41) is 0.301. The summed E-state index contributed by atoms with van der Waals surface area (Å²) in [6.07, 6.45) is 4.20. The van der Waals surface area contributed by atoms with E-state index >= 15 is 0 Å². The van der Waals surface area contributed by atoms with Crippen LogP contribution in [0.15, 0.2) is 88.4 Å². The maximum absolute atomic E-state index is 4.62. The lowest BCUT2D eigenvalue weighted by molar-refractivity contribution is 1.12. The highest BCUT2D eigenvalue weighted by Crippen LogP contribution is 2.46. The molecule has 3 aromatic rings. The van der Waals surface area contributed by atoms with Gasteiger partial charge in [-0.1, -0.05) is 64.5 Å². The average Bonchev–Trinajstić information content (AvgIpc) is 2.62. The van der Waals surface area contributed by atoms with Gasteiger partial charge in [0.2, 0.25) is 0 Å². The molecule has 1 atom stereocenters. The monoisotopic (exact) mass is 379 g/mol. The summed E-state index contributed by atoms with van der Waals surface area (Å²) in [6.45, 7) is 0. The minimum Gasteiger partial charge on any atom is -0.255 e. The van der Waals surface area contributed by atoms with Crippen molar-refractivity contribution >= 4 is 33.3 Å². The van der Waals surface area contributed by atoms with Gasteiger partial charge in [0.25, 0.3) is 0 Å². The third-order valence-corrected chi connectivity index (χ3v) is 5.66. The van der Waals surface area contributed by atoms with E-state index in [2.05, 4.69) is 81.6 Å². The van der Waals surface area contributed by atoms with Gasteiger partial charge in [-0.3, -0.25) is 4.98 Å². The van der Waals surface area contributed by atoms with Gasteiger partial charge in [0.05, 0.1) is 10.9 Å². The second-order valence-corrected chi connectivity index (χ2v) is 7.49. The van der Waals surface area contributed by atoms with Gasteiger partial charge in [-0.05, 0) is 35.4 Å². The predicted octanol–water partition coefficient (Wildman–Crippen LogP) is 6.12. The van der Waals surface area contributed by atoms with Crippen molar-refractivity contribution in [3.05, 3.63) is 100 Å². The number of aromatic nitrogens is 1. The molecule has 3 heteroatoms. The van der Waals surface area contributed by atoms with Crippen LogP contribution in [0.5, 0.6) is 0 Å². The number of nitrogens with zero attached hydrogens (tertiary/aromatic N) is 1. The van der Waals surface area contributed by atoms with E-state index in [0.717, 1.165) is 10.2 Å². The van der Waals surface area contributed by atoms with Gasteiger partial charge in [0.1, 0.15) is 0 Å². The van der Waals surface area contributed by atoms with E-state index in [-0.39, 0.29) is 0 Å². The second kappa shape index (κ2) is 6.34. The summed E-state index contributed by atoms with van der Waals surface area (Å²) in [5.74, 6) is 0. The lowest BCUT2D eigenvalue weighted by Crippen LogP contribution is -2.03. The number of pyridine rings is 1. The molecule has 1 aromatic heterocycles. The van der Waals surface area contributed by atoms with E-state index in [9.17, 15) is 0 Å². The SMILES string of the molecule is Brc1ccc(C2C=C(c3ccccc3)c3ncccc3S2)cc1. The van der Waals surface area contributed by atoms with E-state index in [0.29, 0.717) is 5.25 Å². The Hall–Kier alpha value is -1.84. The molecule has 0 bridgehead atoms. The van der Waals surface area contributed by atoms with Gasteiger partial charge in [-0.15, -0.1) is 11.8 Å². The molecule has 0 amide bonds. The van der Waals surface area contributed by atoms with Crippen LogP contribution in [0.2, 0.25) is 0 Å². The molecule has 0 fully saturated rings. The molecule has 0 saturated heterocycles. The van der Waals surface area contributed by atoms with Gasteiger partial charge >= 0.3 is 0 Å². The Morgan fingerprint density at radius 3 is 2.43 bits per heavy atom. The Labute approximate surface area is 148 Å². The number of fused-ring (bicyclic) bond motifs is 1. The Balaban J connectivity index is 1.84. The fraction of sp³-hybridized carbons (Fsp3) is 0.0500. The van der Waals surface area contributed by atoms with Crippen LogP contribution in [0.4, 0.5) is 0 Å². The maximum Gasteiger partial charge on any atom is 0.0841 e. The molecule has 2 heterocycles. The van der Waals surface area contributed by atoms with Crippen molar-refractivity contribution in [2.45, 2.75) is 10.1 Å². The number of rotatable bonds is 2. The summed E-state index contributed by atoms with van der Waals surface area (Å²) in [6, 6.07) is 23.3. The summed E-state index contributed by atoms with van der Waals surface area (Å²) in [7, 11) is 0. The zero-order chi connectivity index (χ0) is 15.6. The van der Waals surface area contributed by atoms with Gasteiger partial charge in [-0.2, -0.15) is 0 Å². The van der Waals surface area contributed by atoms with Crippen molar-refractivity contribution in [2.24, 2.45) is 0 Å². The predicted molar refractivity (Wildman–Crippen MR) is 100 cm³/mol. The van der Waals surface area contributed by atoms with Gasteiger partial charge in [0, 0.05) is 21.1 Å². The average molecular weight is 380 g/mol. The number of hydrogen-bond acceptors (Lipinski definition) is 2. The van der Waals surface area contributed by atoms with Crippen LogP contribution in [-0.4, -0.2) is 4.98 Å². The van der Waals surface area contributed by atoms with Crippen molar-refractivity contribution in [3.8, 4) is 0 Å². The van der Waals surface area contributed by atoms with Crippen molar-refractivity contribution in [1.82, 2.24) is 4.98 Å². The van der Waals surface area contributed by atoms with Crippen LogP contribution in [0, 0.1) is 0 Å². The van der Waals surface area contributed by atoms with Crippen LogP contribution in [-0.2, 0) is 0 Å². The van der Waals surface area contributed by atoms with Crippen molar-refractivity contribution < 1.29 is 0 Å². The summed E-state index contributed by atoms with van der Waals surface area (Å²) >= 11 is 5.37. The molecular weight excluding hydrogens is 366 g/mol. The largest absolute Gasteiger partial charge is 0.255 e. The minimum absolute atomic E-state index is 0.301. The second-order valence-electron chi connectivity index (χ2n) is 5.39. The molecule has 4 rings (SSSR count). The van der Waals surface area contributed by atoms with E-state index in [1.54, 1.807) is 0 Å². The first-order valence-electron chi connectivity index (χ1n) is 7.46. The van der Waals surface area contributed by atoms with E-state index < -0.39 is 0 Å². The van der Waals surface area contributed by atoms with Crippen LogP contribution in [0.1, 0.15) is 22.1 Å². The Morgan fingerprint density at radius 2 is 1.65 bits per heavy atom. The summed E-state index contributed by atoms with van der Waals surface area (Å²) in [4.78, 5) is 5.86. The fourth-order valence-electron chi connectivity index (χ4n) is 2.76. The van der Waals surface area contributed by atoms with Crippen molar-refractivity contribution in [3.63, 3.8) is 0 Å². The molecule has 0 aliphatic carbocycles. The highest BCUT2D eigenvalue weighted by atomic mass is 79.9. The summed E-state index contributed by atoms with van der Waals surface area (Å²) in [5.41, 5.74) is 4.82. The van der Waals surface area contributed by atoms with E-state index in [4.69, 9.17) is 0 Å². The standard InChI is InChI=1S/C20H14BrNS/c21-16-10-8-15(9-11-16)19-13-17(14-5-2-1-3-6-14)20-18(23-19)7-4-12-22-20/h1-13,19H. The zero-order valence-corrected chi connectivity index (χ0v) is 14.7. The van der Waals surface area contributed by atoms with Gasteiger partial charge in [-0.25, -0.2) is 0 Å². The minimum atomic E-state index is 0.301. The van der Waals surface area contributed by atoms with Gasteiger partial charge < -0.3 is 0 Å². The molecule has 1 unspecified atom stereocenters. The molecule has 112 valence electrons. The molecule has 0 spiro atoms. The normalized spacial score (nSPS) is 16.6. The Kier molecular flexibility index (Phi) is 4.06. The third kappa shape index (κ3) is 2.99. The van der Waals surface area contributed by atoms with Crippen molar-refractivity contribution in [1.29, 1.82) is 0 Å². The number of benzene rings is 2. The first kappa shape index (κ1) is 14.7. The first-order valence-corrected chi connectivity index (χ1v) is 9.13. The number of hydrogen-bond donors (Lipinski definition) is 0. The topological polar surface area (TPSA) is 12.9 Å². The molecule has 1 nitrogen and oxygen atoms in total. The number of thioether (sulfide) groups is 1. The van der Waals surface area contributed by atoms with E-state index in [1.807, 2.05) is 30.1 Å².